The molecule has 1 aliphatic rings. The third-order valence-electron chi connectivity index (χ3n) is 5.10. The van der Waals surface area contributed by atoms with E-state index in [1.165, 1.54) is 12.8 Å². The van der Waals surface area contributed by atoms with Crippen molar-refractivity contribution in [2.45, 2.75) is 39.2 Å². The van der Waals surface area contributed by atoms with E-state index in [4.69, 9.17) is 4.74 Å². The topological polar surface area (TPSA) is 38.3 Å². The molecule has 0 radical (unpaired) electrons. The molecular formula is C21H25NO2. The fourth-order valence-electron chi connectivity index (χ4n) is 3.36. The normalized spacial score (nSPS) is 23.5. The van der Waals surface area contributed by atoms with E-state index in [1.807, 2.05) is 48.5 Å². The second-order valence-electron chi connectivity index (χ2n) is 6.79. The predicted molar refractivity (Wildman–Crippen MR) is 96.4 cm³/mol. The summed E-state index contributed by atoms with van der Waals surface area (Å²) in [5.41, 5.74) is 0.647. The van der Waals surface area contributed by atoms with E-state index in [0.717, 1.165) is 12.2 Å². The van der Waals surface area contributed by atoms with Crippen LogP contribution >= 0.6 is 0 Å². The molecule has 3 heteroatoms. The van der Waals surface area contributed by atoms with Crippen LogP contribution in [0.2, 0.25) is 0 Å². The van der Waals surface area contributed by atoms with Gasteiger partial charge in [0.15, 0.2) is 0 Å². The number of para-hydroxylation sites is 1. The Hall–Kier alpha value is -2.29. The molecule has 3 atom stereocenters. The third kappa shape index (κ3) is 3.97. The Bertz CT molecular complexity index is 683. The molecule has 0 aromatic heterocycles. The van der Waals surface area contributed by atoms with Gasteiger partial charge in [0.2, 0.25) is 0 Å². The highest BCUT2D eigenvalue weighted by atomic mass is 16.5. The molecule has 0 aliphatic heterocycles. The fourth-order valence-corrected chi connectivity index (χ4v) is 3.36. The maximum atomic E-state index is 12.6. The highest BCUT2D eigenvalue weighted by Crippen LogP contribution is 2.30. The molecule has 3 nitrogen and oxygen atoms in total. The van der Waals surface area contributed by atoms with Gasteiger partial charge in [0, 0.05) is 11.6 Å². The van der Waals surface area contributed by atoms with Crippen molar-refractivity contribution >= 4 is 5.91 Å². The van der Waals surface area contributed by atoms with Crippen molar-refractivity contribution < 1.29 is 9.53 Å². The van der Waals surface area contributed by atoms with Crippen LogP contribution in [0.3, 0.4) is 0 Å². The zero-order valence-electron chi connectivity index (χ0n) is 14.4. The van der Waals surface area contributed by atoms with Gasteiger partial charge in [-0.2, -0.15) is 0 Å². The standard InChI is InChI=1S/C21H25NO2/c1-15-8-6-13-20(16(15)2)22-21(23)17-9-7-12-19(14-17)24-18-10-4-3-5-11-18/h3-5,7,9-12,14-16,20H,6,8,13H2,1-2H3,(H,22,23)/t15-,16-,20-/m1/s1. The van der Waals surface area contributed by atoms with Crippen molar-refractivity contribution in [2.24, 2.45) is 11.8 Å². The molecule has 0 saturated heterocycles. The minimum atomic E-state index is -0.0144. The van der Waals surface area contributed by atoms with E-state index in [0.29, 0.717) is 23.1 Å². The summed E-state index contributed by atoms with van der Waals surface area (Å²) in [4.78, 5) is 12.6. The van der Waals surface area contributed by atoms with Crippen LogP contribution in [0.5, 0.6) is 11.5 Å². The first-order chi connectivity index (χ1) is 11.6. The second kappa shape index (κ2) is 7.52. The van der Waals surface area contributed by atoms with Gasteiger partial charge in [-0.05, 0) is 48.6 Å². The first-order valence-electron chi connectivity index (χ1n) is 8.77. The number of hydrogen-bond acceptors (Lipinski definition) is 2. The SMILES string of the molecule is C[C@@H]1[C@H](C)CCC[C@H]1NC(=O)c1cccc(Oc2ccccc2)c1. The van der Waals surface area contributed by atoms with Gasteiger partial charge in [0.25, 0.3) is 5.91 Å². The molecule has 1 aliphatic carbocycles. The van der Waals surface area contributed by atoms with Gasteiger partial charge in [-0.3, -0.25) is 4.79 Å². The Morgan fingerprint density at radius 1 is 1.00 bits per heavy atom. The molecule has 0 spiro atoms. The van der Waals surface area contributed by atoms with E-state index in [-0.39, 0.29) is 11.9 Å². The Morgan fingerprint density at radius 3 is 2.54 bits per heavy atom. The molecule has 1 fully saturated rings. The molecule has 0 bridgehead atoms. The Labute approximate surface area is 144 Å². The van der Waals surface area contributed by atoms with Crippen LogP contribution in [0.15, 0.2) is 54.6 Å². The smallest absolute Gasteiger partial charge is 0.251 e. The summed E-state index contributed by atoms with van der Waals surface area (Å²) in [6.45, 7) is 4.51. The number of benzene rings is 2. The number of ether oxygens (including phenoxy) is 1. The van der Waals surface area contributed by atoms with Gasteiger partial charge in [-0.1, -0.05) is 51.0 Å². The van der Waals surface area contributed by atoms with Crippen LogP contribution in [0.4, 0.5) is 0 Å². The molecule has 1 N–H and O–H groups in total. The monoisotopic (exact) mass is 323 g/mol. The summed E-state index contributed by atoms with van der Waals surface area (Å²) in [5, 5.41) is 3.21. The molecule has 2 aromatic carbocycles. The predicted octanol–water partition coefficient (Wildman–Crippen LogP) is 5.03. The molecule has 126 valence electrons. The first-order valence-corrected chi connectivity index (χ1v) is 8.77. The quantitative estimate of drug-likeness (QED) is 0.856. The summed E-state index contributed by atoms with van der Waals surface area (Å²) < 4.78 is 5.82. The highest BCUT2D eigenvalue weighted by Gasteiger charge is 2.28. The zero-order chi connectivity index (χ0) is 16.9. The van der Waals surface area contributed by atoms with Crippen molar-refractivity contribution in [3.8, 4) is 11.5 Å². The van der Waals surface area contributed by atoms with Crippen LogP contribution in [-0.2, 0) is 0 Å². The summed E-state index contributed by atoms with van der Waals surface area (Å²) in [7, 11) is 0. The van der Waals surface area contributed by atoms with Gasteiger partial charge in [-0.25, -0.2) is 0 Å². The number of carbonyl (C=O) groups excluding carboxylic acids is 1. The van der Waals surface area contributed by atoms with Crippen molar-refractivity contribution in [1.82, 2.24) is 5.32 Å². The number of rotatable bonds is 4. The Morgan fingerprint density at radius 2 is 1.75 bits per heavy atom. The number of carbonyl (C=O) groups is 1. The third-order valence-corrected chi connectivity index (χ3v) is 5.10. The molecule has 0 unspecified atom stereocenters. The average molecular weight is 323 g/mol. The van der Waals surface area contributed by atoms with E-state index in [1.54, 1.807) is 6.07 Å². The van der Waals surface area contributed by atoms with Crippen LogP contribution in [-0.4, -0.2) is 11.9 Å². The lowest BCUT2D eigenvalue weighted by Crippen LogP contribution is -2.43. The minimum absolute atomic E-state index is 0.0144. The fraction of sp³-hybridized carbons (Fsp3) is 0.381. The van der Waals surface area contributed by atoms with Gasteiger partial charge in [0.05, 0.1) is 0 Å². The molecule has 1 saturated carbocycles. The number of hydrogen-bond donors (Lipinski definition) is 1. The van der Waals surface area contributed by atoms with E-state index < -0.39 is 0 Å². The first kappa shape index (κ1) is 16.6. The van der Waals surface area contributed by atoms with Crippen molar-refractivity contribution in [1.29, 1.82) is 0 Å². The lowest BCUT2D eigenvalue weighted by molar-refractivity contribution is 0.0890. The maximum Gasteiger partial charge on any atom is 0.251 e. The summed E-state index contributed by atoms with van der Waals surface area (Å²) >= 11 is 0. The largest absolute Gasteiger partial charge is 0.457 e. The molecule has 24 heavy (non-hydrogen) atoms. The van der Waals surface area contributed by atoms with Gasteiger partial charge in [-0.15, -0.1) is 0 Å². The van der Waals surface area contributed by atoms with Crippen molar-refractivity contribution in [2.75, 3.05) is 0 Å². The van der Waals surface area contributed by atoms with E-state index in [2.05, 4.69) is 19.2 Å². The molecule has 2 aromatic rings. The van der Waals surface area contributed by atoms with E-state index >= 15 is 0 Å². The van der Waals surface area contributed by atoms with Gasteiger partial charge < -0.3 is 10.1 Å². The van der Waals surface area contributed by atoms with Gasteiger partial charge >= 0.3 is 0 Å². The van der Waals surface area contributed by atoms with Crippen molar-refractivity contribution in [3.05, 3.63) is 60.2 Å². The minimum Gasteiger partial charge on any atom is -0.457 e. The van der Waals surface area contributed by atoms with Crippen molar-refractivity contribution in [3.63, 3.8) is 0 Å². The Balaban J connectivity index is 1.68. The molecule has 1 amide bonds. The highest BCUT2D eigenvalue weighted by molar-refractivity contribution is 5.94. The number of nitrogens with one attached hydrogen (secondary N) is 1. The van der Waals surface area contributed by atoms with Crippen LogP contribution in [0, 0.1) is 11.8 Å². The second-order valence-corrected chi connectivity index (χ2v) is 6.79. The van der Waals surface area contributed by atoms with E-state index in [9.17, 15) is 4.79 Å². The van der Waals surface area contributed by atoms with Crippen LogP contribution < -0.4 is 10.1 Å². The number of amides is 1. The lowest BCUT2D eigenvalue weighted by Gasteiger charge is -2.34. The molecule has 3 rings (SSSR count). The average Bonchev–Trinajstić information content (AvgIpc) is 2.60. The summed E-state index contributed by atoms with van der Waals surface area (Å²) in [5.74, 6) is 2.62. The lowest BCUT2D eigenvalue weighted by atomic mass is 9.78. The Kier molecular flexibility index (Phi) is 5.19. The van der Waals surface area contributed by atoms with Crippen LogP contribution in [0.1, 0.15) is 43.5 Å². The molecular weight excluding hydrogens is 298 g/mol. The zero-order valence-corrected chi connectivity index (χ0v) is 14.4. The van der Waals surface area contributed by atoms with Gasteiger partial charge in [0.1, 0.15) is 11.5 Å². The summed E-state index contributed by atoms with van der Waals surface area (Å²) in [6, 6.07) is 17.2. The van der Waals surface area contributed by atoms with Crippen LogP contribution in [0.25, 0.3) is 0 Å². The summed E-state index contributed by atoms with van der Waals surface area (Å²) in [6.07, 6.45) is 3.51. The maximum absolute atomic E-state index is 12.6. The molecule has 0 heterocycles.